The number of nitrogens with zero attached hydrogens (tertiary/aromatic N) is 2. The molecule has 3 heteroatoms. The van der Waals surface area contributed by atoms with E-state index >= 15 is 0 Å². The van der Waals surface area contributed by atoms with Gasteiger partial charge >= 0.3 is 0 Å². The van der Waals surface area contributed by atoms with Crippen molar-refractivity contribution in [2.24, 2.45) is 11.0 Å². The minimum atomic E-state index is 0.595. The van der Waals surface area contributed by atoms with Crippen LogP contribution in [0, 0.1) is 11.4 Å². The van der Waals surface area contributed by atoms with E-state index in [0.717, 1.165) is 13.1 Å². The molecule has 0 radical (unpaired) electrons. The summed E-state index contributed by atoms with van der Waals surface area (Å²) in [5.74, 6) is 0.595. The first-order chi connectivity index (χ1) is 6.40. The van der Waals surface area contributed by atoms with E-state index in [2.05, 4.69) is 34.3 Å². The summed E-state index contributed by atoms with van der Waals surface area (Å²) in [6.45, 7) is 2.78. The molecule has 1 aromatic rings. The van der Waals surface area contributed by atoms with Crippen LogP contribution in [0.1, 0.15) is 0 Å². The number of anilines is 1. The SMILES string of the molecule is N=NCC1CN(c2ccccc2)C1. The Balaban J connectivity index is 1.90. The Hall–Kier alpha value is -1.38. The van der Waals surface area contributed by atoms with E-state index in [-0.39, 0.29) is 0 Å². The summed E-state index contributed by atoms with van der Waals surface area (Å²) < 4.78 is 0. The first-order valence-corrected chi connectivity index (χ1v) is 4.53. The molecule has 1 N–H and O–H groups in total. The fraction of sp³-hybridized carbons (Fsp3) is 0.400. The Morgan fingerprint density at radius 2 is 2.00 bits per heavy atom. The lowest BCUT2D eigenvalue weighted by Crippen LogP contribution is -2.48. The Kier molecular flexibility index (Phi) is 2.25. The van der Waals surface area contributed by atoms with Gasteiger partial charge in [-0.3, -0.25) is 0 Å². The van der Waals surface area contributed by atoms with Gasteiger partial charge < -0.3 is 4.90 Å². The third-order valence-corrected chi connectivity index (χ3v) is 2.43. The third-order valence-electron chi connectivity index (χ3n) is 2.43. The standard InChI is InChI=1S/C10H13N3/c11-12-6-9-7-13(8-9)10-4-2-1-3-5-10/h1-5,9,11H,6-8H2. The van der Waals surface area contributed by atoms with Gasteiger partial charge in [0.2, 0.25) is 0 Å². The Morgan fingerprint density at radius 1 is 1.31 bits per heavy atom. The van der Waals surface area contributed by atoms with Crippen molar-refractivity contribution in [2.45, 2.75) is 0 Å². The zero-order valence-electron chi connectivity index (χ0n) is 7.48. The number of hydrogen-bond donors (Lipinski definition) is 1. The number of benzene rings is 1. The predicted molar refractivity (Wildman–Crippen MR) is 52.2 cm³/mol. The fourth-order valence-corrected chi connectivity index (χ4v) is 1.66. The molecule has 13 heavy (non-hydrogen) atoms. The van der Waals surface area contributed by atoms with Crippen LogP contribution >= 0.6 is 0 Å². The van der Waals surface area contributed by atoms with E-state index in [1.54, 1.807) is 0 Å². The van der Waals surface area contributed by atoms with Crippen LogP contribution in [-0.2, 0) is 0 Å². The molecule has 0 saturated carbocycles. The summed E-state index contributed by atoms with van der Waals surface area (Å²) in [7, 11) is 0. The molecule has 1 saturated heterocycles. The molecule has 0 spiro atoms. The molecule has 1 aliphatic heterocycles. The first kappa shape index (κ1) is 8.23. The van der Waals surface area contributed by atoms with Crippen LogP contribution in [0.2, 0.25) is 0 Å². The molecule has 1 aliphatic rings. The van der Waals surface area contributed by atoms with Gasteiger partial charge in [0.25, 0.3) is 0 Å². The van der Waals surface area contributed by atoms with E-state index in [1.165, 1.54) is 5.69 Å². The zero-order chi connectivity index (χ0) is 9.10. The van der Waals surface area contributed by atoms with Crippen molar-refractivity contribution in [3.8, 4) is 0 Å². The predicted octanol–water partition coefficient (Wildman–Crippen LogP) is 2.15. The van der Waals surface area contributed by atoms with Gasteiger partial charge in [0.1, 0.15) is 0 Å². The van der Waals surface area contributed by atoms with Crippen molar-refractivity contribution in [2.75, 3.05) is 24.5 Å². The molecule has 3 nitrogen and oxygen atoms in total. The van der Waals surface area contributed by atoms with Crippen LogP contribution in [0.25, 0.3) is 0 Å². The fourth-order valence-electron chi connectivity index (χ4n) is 1.66. The summed E-state index contributed by atoms with van der Waals surface area (Å²) in [4.78, 5) is 2.32. The smallest absolute Gasteiger partial charge is 0.0658 e. The first-order valence-electron chi connectivity index (χ1n) is 4.53. The van der Waals surface area contributed by atoms with Crippen molar-refractivity contribution < 1.29 is 0 Å². The highest BCUT2D eigenvalue weighted by molar-refractivity contribution is 5.48. The van der Waals surface area contributed by atoms with E-state index in [0.29, 0.717) is 12.5 Å². The molecule has 1 aromatic carbocycles. The molecule has 0 aliphatic carbocycles. The molecule has 0 aromatic heterocycles. The quantitative estimate of drug-likeness (QED) is 0.702. The normalized spacial score (nSPS) is 16.8. The maximum absolute atomic E-state index is 6.75. The Bertz CT molecular complexity index is 277. The lowest BCUT2D eigenvalue weighted by Gasteiger charge is -2.40. The van der Waals surface area contributed by atoms with Gasteiger partial charge in [-0.25, -0.2) is 5.53 Å². The van der Waals surface area contributed by atoms with E-state index in [1.807, 2.05) is 6.07 Å². The number of para-hydroxylation sites is 1. The Labute approximate surface area is 77.9 Å². The highest BCUT2D eigenvalue weighted by Crippen LogP contribution is 2.23. The summed E-state index contributed by atoms with van der Waals surface area (Å²) in [6.07, 6.45) is 0. The highest BCUT2D eigenvalue weighted by atomic mass is 15.2. The molecule has 1 heterocycles. The van der Waals surface area contributed by atoms with Crippen LogP contribution < -0.4 is 4.90 Å². The summed E-state index contributed by atoms with van der Waals surface area (Å²) in [5.41, 5.74) is 8.03. The number of nitrogens with one attached hydrogen (secondary N) is 1. The average Bonchev–Trinajstić information content (AvgIpc) is 2.12. The van der Waals surface area contributed by atoms with Crippen molar-refractivity contribution in [1.82, 2.24) is 0 Å². The van der Waals surface area contributed by atoms with Gasteiger partial charge in [-0.05, 0) is 12.1 Å². The van der Waals surface area contributed by atoms with Crippen molar-refractivity contribution in [3.05, 3.63) is 30.3 Å². The minimum Gasteiger partial charge on any atom is -0.371 e. The van der Waals surface area contributed by atoms with E-state index in [4.69, 9.17) is 5.53 Å². The van der Waals surface area contributed by atoms with Crippen molar-refractivity contribution >= 4 is 5.69 Å². The van der Waals surface area contributed by atoms with Crippen LogP contribution in [0.15, 0.2) is 35.4 Å². The summed E-state index contributed by atoms with van der Waals surface area (Å²) >= 11 is 0. The monoisotopic (exact) mass is 175 g/mol. The largest absolute Gasteiger partial charge is 0.371 e. The molecule has 68 valence electrons. The summed E-state index contributed by atoms with van der Waals surface area (Å²) in [6, 6.07) is 10.4. The molecular formula is C10H13N3. The number of rotatable bonds is 3. The lowest BCUT2D eigenvalue weighted by atomic mass is 10.00. The molecular weight excluding hydrogens is 162 g/mol. The van der Waals surface area contributed by atoms with Gasteiger partial charge in [0.15, 0.2) is 0 Å². The molecule has 0 bridgehead atoms. The highest BCUT2D eigenvalue weighted by Gasteiger charge is 2.26. The van der Waals surface area contributed by atoms with Crippen LogP contribution in [-0.4, -0.2) is 19.6 Å². The van der Waals surface area contributed by atoms with E-state index in [9.17, 15) is 0 Å². The molecule has 0 amide bonds. The summed E-state index contributed by atoms with van der Waals surface area (Å²) in [5, 5.41) is 3.41. The van der Waals surface area contributed by atoms with Crippen LogP contribution in [0.4, 0.5) is 5.69 Å². The Morgan fingerprint density at radius 3 is 2.62 bits per heavy atom. The molecule has 0 unspecified atom stereocenters. The second-order valence-corrected chi connectivity index (χ2v) is 3.45. The maximum Gasteiger partial charge on any atom is 0.0658 e. The topological polar surface area (TPSA) is 39.5 Å². The molecule has 1 fully saturated rings. The van der Waals surface area contributed by atoms with Crippen LogP contribution in [0.3, 0.4) is 0 Å². The van der Waals surface area contributed by atoms with Crippen molar-refractivity contribution in [1.29, 1.82) is 5.53 Å². The van der Waals surface area contributed by atoms with E-state index < -0.39 is 0 Å². The second kappa shape index (κ2) is 3.56. The second-order valence-electron chi connectivity index (χ2n) is 3.45. The average molecular weight is 175 g/mol. The van der Waals surface area contributed by atoms with Gasteiger partial charge in [0.05, 0.1) is 6.54 Å². The van der Waals surface area contributed by atoms with Gasteiger partial charge in [0, 0.05) is 24.7 Å². The molecule has 0 atom stereocenters. The number of hydrogen-bond acceptors (Lipinski definition) is 3. The minimum absolute atomic E-state index is 0.595. The maximum atomic E-state index is 6.75. The third kappa shape index (κ3) is 1.69. The van der Waals surface area contributed by atoms with Gasteiger partial charge in [-0.15, -0.1) is 0 Å². The van der Waals surface area contributed by atoms with Gasteiger partial charge in [-0.2, -0.15) is 5.11 Å². The van der Waals surface area contributed by atoms with Gasteiger partial charge in [-0.1, -0.05) is 18.2 Å². The van der Waals surface area contributed by atoms with Crippen LogP contribution in [0.5, 0.6) is 0 Å². The van der Waals surface area contributed by atoms with Crippen molar-refractivity contribution in [3.63, 3.8) is 0 Å². The molecule has 2 rings (SSSR count). The lowest BCUT2D eigenvalue weighted by molar-refractivity contribution is 0.413. The zero-order valence-corrected chi connectivity index (χ0v) is 7.48.